The zero-order chi connectivity index (χ0) is 15.1. The minimum absolute atomic E-state index is 0.0298. The van der Waals surface area contributed by atoms with Crippen LogP contribution in [0.4, 0.5) is 3.89 Å². The first-order chi connectivity index (χ1) is 8.68. The summed E-state index contributed by atoms with van der Waals surface area (Å²) in [4.78, 5) is 21.2. The Labute approximate surface area is 117 Å². The Hall–Kier alpha value is -0.820. The van der Waals surface area contributed by atoms with Gasteiger partial charge >= 0.3 is 11.9 Å². The van der Waals surface area contributed by atoms with E-state index in [1.807, 2.05) is 0 Å². The number of nitrogens with two attached hydrogens (primary N) is 1. The predicted octanol–water partition coefficient (Wildman–Crippen LogP) is 2.45. The van der Waals surface area contributed by atoms with Gasteiger partial charge in [-0.1, -0.05) is 0 Å². The van der Waals surface area contributed by atoms with E-state index in [-0.39, 0.29) is 30.9 Å². The highest BCUT2D eigenvalue weighted by Crippen LogP contribution is 2.35. The molecule has 0 saturated heterocycles. The second-order valence-corrected chi connectivity index (χ2v) is 6.63. The maximum Gasteiger partial charge on any atom is 0.320 e. The first-order valence-corrected chi connectivity index (χ1v) is 6.89. The van der Waals surface area contributed by atoms with Gasteiger partial charge in [0.05, 0.1) is 12.1 Å². The molecule has 4 N–H and O–H groups in total. The van der Waals surface area contributed by atoms with Crippen LogP contribution < -0.4 is 5.73 Å². The molecule has 0 spiro atoms. The lowest BCUT2D eigenvalue weighted by atomic mass is 9.87. The molecule has 0 radical (unpaired) electrons. The summed E-state index contributed by atoms with van der Waals surface area (Å²) < 4.78 is 12.1. The highest BCUT2D eigenvalue weighted by Gasteiger charge is 2.27. The molecule has 0 aliphatic heterocycles. The number of aliphatic carboxylic acids is 2. The fourth-order valence-electron chi connectivity index (χ4n) is 2.03. The topological polar surface area (TPSA) is 101 Å². The Morgan fingerprint density at radius 3 is 2.37 bits per heavy atom. The van der Waals surface area contributed by atoms with E-state index in [9.17, 15) is 13.5 Å². The van der Waals surface area contributed by atoms with Crippen molar-refractivity contribution in [3.8, 4) is 0 Å². The first-order valence-electron chi connectivity index (χ1n) is 6.18. The third kappa shape index (κ3) is 8.83. The molecule has 0 fully saturated rings. The normalized spacial score (nSPS) is 14.9. The summed E-state index contributed by atoms with van der Waals surface area (Å²) in [6.07, 6.45) is 1.71. The third-order valence-electron chi connectivity index (χ3n) is 2.90. The van der Waals surface area contributed by atoms with Gasteiger partial charge in [0.25, 0.3) is 0 Å². The van der Waals surface area contributed by atoms with Gasteiger partial charge in [-0.2, -0.15) is 3.89 Å². The summed E-state index contributed by atoms with van der Waals surface area (Å²) in [5.74, 6) is -2.07. The summed E-state index contributed by atoms with van der Waals surface area (Å²) in [7, 11) is 0. The van der Waals surface area contributed by atoms with Gasteiger partial charge in [0.15, 0.2) is 0 Å². The van der Waals surface area contributed by atoms with Gasteiger partial charge in [0, 0.05) is 11.2 Å². The van der Waals surface area contributed by atoms with E-state index in [0.29, 0.717) is 19.3 Å². The van der Waals surface area contributed by atoms with Crippen LogP contribution in [-0.4, -0.2) is 32.9 Å². The SMILES string of the molecule is CC(C)(CC(CCCC(=O)O)CC(N)C(=O)O)SF. The van der Waals surface area contributed by atoms with Crippen LogP contribution in [0.2, 0.25) is 0 Å². The Morgan fingerprint density at radius 1 is 1.37 bits per heavy atom. The molecule has 0 heterocycles. The van der Waals surface area contributed by atoms with Crippen molar-refractivity contribution >= 4 is 24.1 Å². The van der Waals surface area contributed by atoms with Crippen molar-refractivity contribution in [2.75, 3.05) is 0 Å². The maximum absolute atomic E-state index is 12.8. The monoisotopic (exact) mass is 295 g/mol. The standard InChI is InChI=1S/C12H22FNO4S/c1-12(2,19-13)7-8(4-3-5-10(15)16)6-9(14)11(17)18/h8-9H,3-7,14H2,1-2H3,(H,15,16)(H,17,18). The molecule has 0 aliphatic carbocycles. The lowest BCUT2D eigenvalue weighted by Crippen LogP contribution is -2.34. The number of carboxylic acids is 2. The lowest BCUT2D eigenvalue weighted by molar-refractivity contribution is -0.139. The van der Waals surface area contributed by atoms with Crippen LogP contribution in [0.5, 0.6) is 0 Å². The Kier molecular flexibility index (Phi) is 8.01. The van der Waals surface area contributed by atoms with E-state index in [0.717, 1.165) is 0 Å². The summed E-state index contributed by atoms with van der Waals surface area (Å²) in [6.45, 7) is 3.46. The molecule has 0 rings (SSSR count). The Balaban J connectivity index is 4.45. The molecule has 0 bridgehead atoms. The number of rotatable bonds is 10. The molecule has 0 amide bonds. The van der Waals surface area contributed by atoms with E-state index >= 15 is 0 Å². The smallest absolute Gasteiger partial charge is 0.320 e. The fourth-order valence-corrected chi connectivity index (χ4v) is 2.33. The van der Waals surface area contributed by atoms with Gasteiger partial charge in [-0.25, -0.2) is 0 Å². The molecule has 0 saturated carbocycles. The molecule has 0 aliphatic rings. The van der Waals surface area contributed by atoms with E-state index in [4.69, 9.17) is 15.9 Å². The van der Waals surface area contributed by atoms with Crippen LogP contribution in [-0.2, 0) is 9.59 Å². The van der Waals surface area contributed by atoms with Gasteiger partial charge in [-0.05, 0) is 45.4 Å². The van der Waals surface area contributed by atoms with Crippen molar-refractivity contribution in [2.24, 2.45) is 11.7 Å². The van der Waals surface area contributed by atoms with Crippen LogP contribution in [0.3, 0.4) is 0 Å². The molecule has 2 atom stereocenters. The molecule has 0 aromatic heterocycles. The van der Waals surface area contributed by atoms with E-state index in [1.54, 1.807) is 13.8 Å². The molecule has 7 heteroatoms. The maximum atomic E-state index is 12.8. The van der Waals surface area contributed by atoms with Crippen LogP contribution >= 0.6 is 12.1 Å². The summed E-state index contributed by atoms with van der Waals surface area (Å²) in [6, 6.07) is -0.991. The van der Waals surface area contributed by atoms with Crippen molar-refractivity contribution in [2.45, 2.75) is 56.7 Å². The van der Waals surface area contributed by atoms with Gasteiger partial charge in [0.2, 0.25) is 0 Å². The summed E-state index contributed by atoms with van der Waals surface area (Å²) in [5, 5.41) is 17.4. The van der Waals surface area contributed by atoms with E-state index in [2.05, 4.69) is 0 Å². The molecule has 2 unspecified atom stereocenters. The van der Waals surface area contributed by atoms with Gasteiger partial charge in [-0.15, -0.1) is 0 Å². The second-order valence-electron chi connectivity index (χ2n) is 5.37. The van der Waals surface area contributed by atoms with Gasteiger partial charge < -0.3 is 15.9 Å². The van der Waals surface area contributed by atoms with Gasteiger partial charge in [-0.3, -0.25) is 9.59 Å². The minimum atomic E-state index is -1.09. The molecule has 112 valence electrons. The van der Waals surface area contributed by atoms with Crippen LogP contribution in [0.1, 0.15) is 46.0 Å². The Morgan fingerprint density at radius 2 is 1.95 bits per heavy atom. The second kappa shape index (κ2) is 8.37. The average Bonchev–Trinajstić information content (AvgIpc) is 2.27. The van der Waals surface area contributed by atoms with Crippen molar-refractivity contribution in [1.82, 2.24) is 0 Å². The summed E-state index contributed by atoms with van der Waals surface area (Å²) in [5.41, 5.74) is 5.49. The fraction of sp³-hybridized carbons (Fsp3) is 0.833. The van der Waals surface area contributed by atoms with Gasteiger partial charge in [0.1, 0.15) is 6.04 Å². The van der Waals surface area contributed by atoms with Crippen molar-refractivity contribution < 1.29 is 23.7 Å². The minimum Gasteiger partial charge on any atom is -0.481 e. The predicted molar refractivity (Wildman–Crippen MR) is 72.6 cm³/mol. The first kappa shape index (κ1) is 18.2. The number of halogens is 1. The van der Waals surface area contributed by atoms with Crippen LogP contribution in [0, 0.1) is 5.92 Å². The zero-order valence-corrected chi connectivity index (χ0v) is 12.1. The van der Waals surface area contributed by atoms with Crippen molar-refractivity contribution in [1.29, 1.82) is 0 Å². The number of carboxylic acid groups (broad SMARTS) is 2. The molecule has 0 aromatic carbocycles. The molecule has 19 heavy (non-hydrogen) atoms. The highest BCUT2D eigenvalue weighted by molar-refractivity contribution is 7.95. The third-order valence-corrected chi connectivity index (χ3v) is 3.48. The molecule has 0 aromatic rings. The lowest BCUT2D eigenvalue weighted by Gasteiger charge is -2.27. The summed E-state index contributed by atoms with van der Waals surface area (Å²) >= 11 is 0.226. The number of hydrogen-bond donors (Lipinski definition) is 3. The Bertz CT molecular complexity index is 312. The van der Waals surface area contributed by atoms with Crippen molar-refractivity contribution in [3.63, 3.8) is 0 Å². The van der Waals surface area contributed by atoms with Crippen LogP contribution in [0.15, 0.2) is 0 Å². The van der Waals surface area contributed by atoms with E-state index < -0.39 is 22.7 Å². The van der Waals surface area contributed by atoms with E-state index in [1.165, 1.54) is 0 Å². The largest absolute Gasteiger partial charge is 0.481 e. The quantitative estimate of drug-likeness (QED) is 0.572. The number of carbonyl (C=O) groups is 2. The van der Waals surface area contributed by atoms with Crippen molar-refractivity contribution in [3.05, 3.63) is 0 Å². The zero-order valence-electron chi connectivity index (χ0n) is 11.3. The molecular formula is C12H22FNO4S. The highest BCUT2D eigenvalue weighted by atomic mass is 32.2. The average molecular weight is 295 g/mol. The molecular weight excluding hydrogens is 273 g/mol. The van der Waals surface area contributed by atoms with Crippen LogP contribution in [0.25, 0.3) is 0 Å². The number of hydrogen-bond acceptors (Lipinski definition) is 4. The molecule has 5 nitrogen and oxygen atoms in total.